The molecule has 1 rings (SSSR count). The first-order valence-corrected chi connectivity index (χ1v) is 4.85. The van der Waals surface area contributed by atoms with E-state index >= 15 is 0 Å². The third-order valence-electron chi connectivity index (χ3n) is 1.49. The minimum Gasteiger partial charge on any atom is -0.457 e. The lowest BCUT2D eigenvalue weighted by molar-refractivity contribution is -0.148. The van der Waals surface area contributed by atoms with Crippen LogP contribution in [0.3, 0.4) is 0 Å². The highest BCUT2D eigenvalue weighted by Gasteiger charge is 2.13. The number of carbonyl (C=O) groups excluding carboxylic acids is 1. The summed E-state index contributed by atoms with van der Waals surface area (Å²) in [4.78, 5) is 19.1. The zero-order valence-corrected chi connectivity index (χ0v) is 9.60. The molecule has 0 spiro atoms. The number of nitrogens with zero attached hydrogens (tertiary/aromatic N) is 2. The van der Waals surface area contributed by atoms with Gasteiger partial charge >= 0.3 is 5.97 Å². The van der Waals surface area contributed by atoms with Crippen LogP contribution in [-0.4, -0.2) is 21.5 Å². The zero-order chi connectivity index (χ0) is 12.2. The van der Waals surface area contributed by atoms with Gasteiger partial charge in [0.2, 0.25) is 0 Å². The molecule has 5 heteroatoms. The van der Waals surface area contributed by atoms with Crippen LogP contribution in [0.15, 0.2) is 18.5 Å². The van der Waals surface area contributed by atoms with Crippen molar-refractivity contribution in [1.29, 1.82) is 0 Å². The molecule has 1 heterocycles. The summed E-state index contributed by atoms with van der Waals surface area (Å²) in [5.74, 6) is -0.0689. The summed E-state index contributed by atoms with van der Waals surface area (Å²) in [5.41, 5.74) is 5.44. The lowest BCUT2D eigenvalue weighted by atomic mass is 10.2. The van der Waals surface area contributed by atoms with Crippen LogP contribution < -0.4 is 5.73 Å². The molecule has 2 N–H and O–H groups in total. The molecule has 0 aliphatic heterocycles. The van der Waals surface area contributed by atoms with Crippen molar-refractivity contribution >= 4 is 17.9 Å². The average Bonchev–Trinajstić information content (AvgIpc) is 2.14. The SMILES string of the molecule is CC(C)(C)OC(=O)/C=C/c1cnc(N)cn1. The largest absolute Gasteiger partial charge is 0.457 e. The molecule has 0 atom stereocenters. The maximum atomic E-state index is 11.3. The molecule has 0 fully saturated rings. The molecule has 0 saturated heterocycles. The van der Waals surface area contributed by atoms with Crippen LogP contribution in [0.1, 0.15) is 26.5 Å². The van der Waals surface area contributed by atoms with Gasteiger partial charge in [-0.1, -0.05) is 0 Å². The first-order chi connectivity index (χ1) is 7.37. The van der Waals surface area contributed by atoms with E-state index in [9.17, 15) is 4.79 Å². The number of rotatable bonds is 2. The Morgan fingerprint density at radius 3 is 2.56 bits per heavy atom. The standard InChI is InChI=1S/C11H15N3O2/c1-11(2,3)16-10(15)5-4-8-6-14-9(12)7-13-8/h4-7H,1-3H3,(H2,12,14)/b5-4+. The second-order valence-corrected chi connectivity index (χ2v) is 4.23. The molecule has 0 aliphatic rings. The maximum absolute atomic E-state index is 11.3. The number of hydrogen-bond donors (Lipinski definition) is 1. The number of carbonyl (C=O) groups is 1. The molecule has 0 aliphatic carbocycles. The predicted molar refractivity (Wildman–Crippen MR) is 61.3 cm³/mol. The lowest BCUT2D eigenvalue weighted by Gasteiger charge is -2.17. The molecule has 0 unspecified atom stereocenters. The van der Waals surface area contributed by atoms with E-state index in [2.05, 4.69) is 9.97 Å². The van der Waals surface area contributed by atoms with Crippen LogP contribution in [-0.2, 0) is 9.53 Å². The van der Waals surface area contributed by atoms with E-state index in [1.165, 1.54) is 24.5 Å². The molecule has 0 saturated carbocycles. The highest BCUT2D eigenvalue weighted by atomic mass is 16.6. The Morgan fingerprint density at radius 2 is 2.06 bits per heavy atom. The quantitative estimate of drug-likeness (QED) is 0.603. The van der Waals surface area contributed by atoms with Crippen molar-refractivity contribution in [3.63, 3.8) is 0 Å². The van der Waals surface area contributed by atoms with E-state index in [1.807, 2.05) is 20.8 Å². The summed E-state index contributed by atoms with van der Waals surface area (Å²) in [5, 5.41) is 0. The molecule has 0 bridgehead atoms. The number of hydrogen-bond acceptors (Lipinski definition) is 5. The van der Waals surface area contributed by atoms with Crippen LogP contribution in [0.2, 0.25) is 0 Å². The van der Waals surface area contributed by atoms with Gasteiger partial charge in [0.1, 0.15) is 11.4 Å². The molecule has 0 amide bonds. The van der Waals surface area contributed by atoms with Crippen molar-refractivity contribution in [2.75, 3.05) is 5.73 Å². The van der Waals surface area contributed by atoms with Gasteiger partial charge in [0.05, 0.1) is 18.1 Å². The van der Waals surface area contributed by atoms with Gasteiger partial charge in [-0.3, -0.25) is 4.98 Å². The average molecular weight is 221 g/mol. The van der Waals surface area contributed by atoms with Crippen LogP contribution in [0.25, 0.3) is 6.08 Å². The number of esters is 1. The number of ether oxygens (including phenoxy) is 1. The van der Waals surface area contributed by atoms with Crippen LogP contribution >= 0.6 is 0 Å². The number of nitrogens with two attached hydrogens (primary N) is 1. The number of aromatic nitrogens is 2. The highest BCUT2D eigenvalue weighted by molar-refractivity contribution is 5.86. The summed E-state index contributed by atoms with van der Waals surface area (Å²) < 4.78 is 5.08. The van der Waals surface area contributed by atoms with E-state index in [4.69, 9.17) is 10.5 Å². The number of nitrogen functional groups attached to an aromatic ring is 1. The van der Waals surface area contributed by atoms with Crippen molar-refractivity contribution < 1.29 is 9.53 Å². The Kier molecular flexibility index (Phi) is 3.60. The topological polar surface area (TPSA) is 78.1 Å². The van der Waals surface area contributed by atoms with Crippen molar-refractivity contribution in [3.05, 3.63) is 24.2 Å². The van der Waals surface area contributed by atoms with Crippen molar-refractivity contribution in [2.24, 2.45) is 0 Å². The van der Waals surface area contributed by atoms with E-state index in [-0.39, 0.29) is 0 Å². The van der Waals surface area contributed by atoms with Crippen molar-refractivity contribution in [2.45, 2.75) is 26.4 Å². The minimum absolute atomic E-state index is 0.342. The fraction of sp³-hybridized carbons (Fsp3) is 0.364. The predicted octanol–water partition coefficient (Wildman–Crippen LogP) is 1.41. The second kappa shape index (κ2) is 4.74. The highest BCUT2D eigenvalue weighted by Crippen LogP contribution is 2.08. The van der Waals surface area contributed by atoms with Gasteiger partial charge in [0.15, 0.2) is 0 Å². The van der Waals surface area contributed by atoms with Gasteiger partial charge < -0.3 is 10.5 Å². The fourth-order valence-corrected chi connectivity index (χ4v) is 0.923. The molecule has 0 radical (unpaired) electrons. The summed E-state index contributed by atoms with van der Waals surface area (Å²) in [6.45, 7) is 5.42. The monoisotopic (exact) mass is 221 g/mol. The molecule has 16 heavy (non-hydrogen) atoms. The molecule has 86 valence electrons. The minimum atomic E-state index is -0.492. The smallest absolute Gasteiger partial charge is 0.331 e. The Bertz CT molecular complexity index is 391. The number of anilines is 1. The van der Waals surface area contributed by atoms with Crippen LogP contribution in [0.4, 0.5) is 5.82 Å². The van der Waals surface area contributed by atoms with Gasteiger partial charge in [-0.05, 0) is 26.8 Å². The van der Waals surface area contributed by atoms with Crippen LogP contribution in [0, 0.1) is 0 Å². The Balaban J connectivity index is 2.60. The molecule has 0 aromatic carbocycles. The first kappa shape index (κ1) is 12.2. The second-order valence-electron chi connectivity index (χ2n) is 4.23. The Labute approximate surface area is 94.4 Å². The third kappa shape index (κ3) is 4.54. The Morgan fingerprint density at radius 1 is 1.38 bits per heavy atom. The van der Waals surface area contributed by atoms with Crippen LogP contribution in [0.5, 0.6) is 0 Å². The van der Waals surface area contributed by atoms with E-state index in [1.54, 1.807) is 0 Å². The zero-order valence-electron chi connectivity index (χ0n) is 9.60. The van der Waals surface area contributed by atoms with Gasteiger partial charge in [0.25, 0.3) is 0 Å². The third-order valence-corrected chi connectivity index (χ3v) is 1.49. The summed E-state index contributed by atoms with van der Waals surface area (Å²) in [7, 11) is 0. The van der Waals surface area contributed by atoms with E-state index in [0.717, 1.165) is 0 Å². The van der Waals surface area contributed by atoms with E-state index < -0.39 is 11.6 Å². The summed E-state index contributed by atoms with van der Waals surface area (Å²) >= 11 is 0. The maximum Gasteiger partial charge on any atom is 0.331 e. The molecule has 1 aromatic rings. The fourth-order valence-electron chi connectivity index (χ4n) is 0.923. The lowest BCUT2D eigenvalue weighted by Crippen LogP contribution is -2.22. The molecule has 1 aromatic heterocycles. The van der Waals surface area contributed by atoms with Gasteiger partial charge in [-0.2, -0.15) is 0 Å². The first-order valence-electron chi connectivity index (χ1n) is 4.85. The van der Waals surface area contributed by atoms with E-state index in [0.29, 0.717) is 11.5 Å². The molecular formula is C11H15N3O2. The summed E-state index contributed by atoms with van der Waals surface area (Å²) in [6.07, 6.45) is 5.75. The molecule has 5 nitrogen and oxygen atoms in total. The summed E-state index contributed by atoms with van der Waals surface area (Å²) in [6, 6.07) is 0. The Hall–Kier alpha value is -1.91. The van der Waals surface area contributed by atoms with Gasteiger partial charge in [-0.25, -0.2) is 9.78 Å². The normalized spacial score (nSPS) is 11.7. The van der Waals surface area contributed by atoms with Crippen molar-refractivity contribution in [1.82, 2.24) is 9.97 Å². The van der Waals surface area contributed by atoms with Gasteiger partial charge in [-0.15, -0.1) is 0 Å². The van der Waals surface area contributed by atoms with Crippen molar-refractivity contribution in [3.8, 4) is 0 Å². The molecular weight excluding hydrogens is 206 g/mol. The van der Waals surface area contributed by atoms with Gasteiger partial charge in [0, 0.05) is 6.08 Å².